The number of halogens is 8. The molecule has 1 aromatic rings. The largest absolute Gasteiger partial charge is 0.460 e. The first-order valence-corrected chi connectivity index (χ1v) is 11.3. The van der Waals surface area contributed by atoms with E-state index in [0.29, 0.717) is 6.08 Å². The van der Waals surface area contributed by atoms with Gasteiger partial charge in [0.1, 0.15) is 11.6 Å². The maximum Gasteiger partial charge on any atom is 0.426 e. The molecule has 2 atom stereocenters. The second-order valence-corrected chi connectivity index (χ2v) is 10.6. The molecule has 0 aromatic heterocycles. The summed E-state index contributed by atoms with van der Waals surface area (Å²) in [6, 6.07) is 0. The standard InChI is InChI=1S/C19H18ClF7O4S/c1-4-32(29,30)7-9-15(23)13(21)8(14(22)16(9)24)6-31-17(28)12-10(18(12,2)3)5-11(20)19(25,26)27/h5,10,12H,4,6-7H2,1-3H3. The Kier molecular flexibility index (Phi) is 7.31. The second-order valence-electron chi connectivity index (χ2n) is 7.83. The summed E-state index contributed by atoms with van der Waals surface area (Å²) < 4.78 is 123. The smallest absolute Gasteiger partial charge is 0.426 e. The first-order valence-electron chi connectivity index (χ1n) is 9.11. The van der Waals surface area contributed by atoms with Crippen LogP contribution in [0.4, 0.5) is 30.7 Å². The van der Waals surface area contributed by atoms with Crippen LogP contribution in [0.1, 0.15) is 31.9 Å². The molecule has 0 heterocycles. The summed E-state index contributed by atoms with van der Waals surface area (Å²) in [7, 11) is -4.03. The number of sulfone groups is 1. The molecule has 1 aliphatic carbocycles. The van der Waals surface area contributed by atoms with Gasteiger partial charge in [0.25, 0.3) is 0 Å². The number of hydrogen-bond donors (Lipinski definition) is 0. The molecule has 0 amide bonds. The number of esters is 1. The second kappa shape index (κ2) is 8.85. The van der Waals surface area contributed by atoms with Gasteiger partial charge in [-0.15, -0.1) is 0 Å². The van der Waals surface area contributed by atoms with Crippen molar-refractivity contribution in [3.8, 4) is 0 Å². The number of allylic oxidation sites excluding steroid dienone is 2. The molecule has 2 unspecified atom stereocenters. The fourth-order valence-electron chi connectivity index (χ4n) is 3.22. The lowest BCUT2D eigenvalue weighted by atomic mass is 10.1. The van der Waals surface area contributed by atoms with E-state index in [-0.39, 0.29) is 0 Å². The van der Waals surface area contributed by atoms with Gasteiger partial charge in [0, 0.05) is 11.3 Å². The molecule has 0 saturated heterocycles. The number of hydrogen-bond acceptors (Lipinski definition) is 4. The third-order valence-electron chi connectivity index (χ3n) is 5.37. The third kappa shape index (κ3) is 5.22. The van der Waals surface area contributed by atoms with Crippen LogP contribution in [-0.2, 0) is 31.7 Å². The van der Waals surface area contributed by atoms with Crippen LogP contribution >= 0.6 is 11.6 Å². The fourth-order valence-corrected chi connectivity index (χ4v) is 4.26. The van der Waals surface area contributed by atoms with Crippen LogP contribution in [0, 0.1) is 40.5 Å². The van der Waals surface area contributed by atoms with Crippen molar-refractivity contribution in [3.63, 3.8) is 0 Å². The molecular weight excluding hydrogens is 493 g/mol. The zero-order valence-electron chi connectivity index (χ0n) is 16.9. The van der Waals surface area contributed by atoms with Crippen molar-refractivity contribution in [1.29, 1.82) is 0 Å². The van der Waals surface area contributed by atoms with Crippen LogP contribution in [0.2, 0.25) is 0 Å². The van der Waals surface area contributed by atoms with Gasteiger partial charge in [0.2, 0.25) is 0 Å². The van der Waals surface area contributed by atoms with E-state index < -0.39 is 96.8 Å². The lowest BCUT2D eigenvalue weighted by Crippen LogP contribution is -2.17. The number of rotatable bonds is 7. The van der Waals surface area contributed by atoms with E-state index in [4.69, 9.17) is 16.3 Å². The highest BCUT2D eigenvalue weighted by Crippen LogP contribution is 2.60. The number of carbonyl (C=O) groups is 1. The molecular formula is C19H18ClF7O4S. The van der Waals surface area contributed by atoms with Gasteiger partial charge in [0.15, 0.2) is 33.1 Å². The predicted molar refractivity (Wildman–Crippen MR) is 100.0 cm³/mol. The molecule has 4 nitrogen and oxygen atoms in total. The summed E-state index contributed by atoms with van der Waals surface area (Å²) in [4.78, 5) is 12.2. The quantitative estimate of drug-likeness (QED) is 0.288. The van der Waals surface area contributed by atoms with Crippen molar-refractivity contribution in [2.45, 2.75) is 39.3 Å². The van der Waals surface area contributed by atoms with E-state index in [1.807, 2.05) is 0 Å². The normalized spacial score (nSPS) is 20.9. The van der Waals surface area contributed by atoms with Crippen LogP contribution in [0.25, 0.3) is 0 Å². The Morgan fingerprint density at radius 3 is 1.97 bits per heavy atom. The van der Waals surface area contributed by atoms with Crippen molar-refractivity contribution in [2.75, 3.05) is 5.75 Å². The molecule has 0 aliphatic heterocycles. The monoisotopic (exact) mass is 510 g/mol. The molecule has 1 aromatic carbocycles. The minimum Gasteiger partial charge on any atom is -0.460 e. The highest BCUT2D eigenvalue weighted by atomic mass is 35.5. The minimum absolute atomic E-state index is 0.528. The average molecular weight is 511 g/mol. The summed E-state index contributed by atoms with van der Waals surface area (Å²) in [5, 5.41) is -1.45. The Balaban J connectivity index is 2.24. The Morgan fingerprint density at radius 1 is 1.06 bits per heavy atom. The Bertz CT molecular complexity index is 1040. The van der Waals surface area contributed by atoms with E-state index in [2.05, 4.69) is 0 Å². The van der Waals surface area contributed by atoms with Crippen LogP contribution in [0.15, 0.2) is 11.1 Å². The zero-order chi connectivity index (χ0) is 24.8. The molecule has 0 spiro atoms. The van der Waals surface area contributed by atoms with Gasteiger partial charge in [-0.2, -0.15) is 13.2 Å². The van der Waals surface area contributed by atoms with Gasteiger partial charge < -0.3 is 4.74 Å². The molecule has 1 saturated carbocycles. The number of alkyl halides is 3. The lowest BCUT2D eigenvalue weighted by molar-refractivity contribution is -0.147. The summed E-state index contributed by atoms with van der Waals surface area (Å²) in [5.41, 5.74) is -3.65. The van der Waals surface area contributed by atoms with Crippen molar-refractivity contribution >= 4 is 27.4 Å². The van der Waals surface area contributed by atoms with Gasteiger partial charge in [0.05, 0.1) is 17.2 Å². The van der Waals surface area contributed by atoms with Crippen molar-refractivity contribution in [1.82, 2.24) is 0 Å². The van der Waals surface area contributed by atoms with E-state index >= 15 is 0 Å². The van der Waals surface area contributed by atoms with Crippen LogP contribution in [-0.4, -0.2) is 26.3 Å². The Hall–Kier alpha value is -1.82. The van der Waals surface area contributed by atoms with Gasteiger partial charge in [-0.1, -0.05) is 38.4 Å². The summed E-state index contributed by atoms with van der Waals surface area (Å²) in [6.45, 7) is 2.78. The van der Waals surface area contributed by atoms with E-state index in [1.165, 1.54) is 20.8 Å². The molecule has 1 fully saturated rings. The maximum absolute atomic E-state index is 14.3. The van der Waals surface area contributed by atoms with Gasteiger partial charge >= 0.3 is 12.1 Å². The highest BCUT2D eigenvalue weighted by Gasteiger charge is 2.62. The molecule has 0 N–H and O–H groups in total. The predicted octanol–water partition coefficient (Wildman–Crippen LogP) is 5.18. The summed E-state index contributed by atoms with van der Waals surface area (Å²) >= 11 is 5.17. The van der Waals surface area contributed by atoms with E-state index in [0.717, 1.165) is 0 Å². The van der Waals surface area contributed by atoms with Crippen LogP contribution in [0.5, 0.6) is 0 Å². The number of ether oxygens (including phenoxy) is 1. The van der Waals surface area contributed by atoms with Gasteiger partial charge in [-0.25, -0.2) is 26.0 Å². The Morgan fingerprint density at radius 2 is 1.53 bits per heavy atom. The number of carbonyl (C=O) groups excluding carboxylic acids is 1. The lowest BCUT2D eigenvalue weighted by Gasteiger charge is -2.13. The molecule has 1 aliphatic rings. The summed E-state index contributed by atoms with van der Waals surface area (Å²) in [5.74, 6) is -12.9. The van der Waals surface area contributed by atoms with Crippen LogP contribution < -0.4 is 0 Å². The van der Waals surface area contributed by atoms with Crippen LogP contribution in [0.3, 0.4) is 0 Å². The molecule has 0 bridgehead atoms. The first kappa shape index (κ1) is 26.4. The average Bonchev–Trinajstić information content (AvgIpc) is 3.22. The van der Waals surface area contributed by atoms with Crippen molar-refractivity contribution < 1.29 is 48.7 Å². The first-order chi connectivity index (χ1) is 14.5. The third-order valence-corrected chi connectivity index (χ3v) is 7.32. The van der Waals surface area contributed by atoms with Gasteiger partial charge in [-0.3, -0.25) is 4.79 Å². The Labute approximate surface area is 184 Å². The van der Waals surface area contributed by atoms with Crippen molar-refractivity contribution in [2.24, 2.45) is 17.3 Å². The van der Waals surface area contributed by atoms with E-state index in [1.54, 1.807) is 0 Å². The zero-order valence-corrected chi connectivity index (χ0v) is 18.5. The SMILES string of the molecule is CCS(=O)(=O)Cc1c(F)c(F)c(COC(=O)C2C(C=C(Cl)C(F)(F)F)C2(C)C)c(F)c1F. The highest BCUT2D eigenvalue weighted by molar-refractivity contribution is 7.90. The van der Waals surface area contributed by atoms with E-state index in [9.17, 15) is 43.9 Å². The molecule has 0 radical (unpaired) electrons. The van der Waals surface area contributed by atoms with Crippen molar-refractivity contribution in [3.05, 3.63) is 45.5 Å². The molecule has 13 heteroatoms. The maximum atomic E-state index is 14.3. The molecule has 2 rings (SSSR count). The fraction of sp³-hybridized carbons (Fsp3) is 0.526. The number of benzene rings is 1. The van der Waals surface area contributed by atoms with Gasteiger partial charge in [-0.05, 0) is 11.3 Å². The minimum atomic E-state index is -4.83. The summed E-state index contributed by atoms with van der Waals surface area (Å²) in [6.07, 6.45) is -4.21. The molecule has 180 valence electrons. The molecule has 32 heavy (non-hydrogen) atoms. The topological polar surface area (TPSA) is 60.4 Å².